The lowest BCUT2D eigenvalue weighted by Gasteiger charge is -2.33. The van der Waals surface area contributed by atoms with Gasteiger partial charge in [0.1, 0.15) is 5.82 Å². The van der Waals surface area contributed by atoms with Crippen LogP contribution in [0.25, 0.3) is 0 Å². The molecule has 1 aromatic heterocycles. The number of hydrogen-bond acceptors (Lipinski definition) is 4. The fraction of sp³-hybridized carbons (Fsp3) is 0.474. The molecule has 0 radical (unpaired) electrons. The van der Waals surface area contributed by atoms with E-state index in [1.54, 1.807) is 0 Å². The largest absolute Gasteiger partial charge is 0.376 e. The summed E-state index contributed by atoms with van der Waals surface area (Å²) >= 11 is 0. The minimum atomic E-state index is 0.346. The van der Waals surface area contributed by atoms with Gasteiger partial charge in [-0.1, -0.05) is 30.3 Å². The summed E-state index contributed by atoms with van der Waals surface area (Å²) in [5.41, 5.74) is 2.59. The Labute approximate surface area is 138 Å². The van der Waals surface area contributed by atoms with E-state index in [4.69, 9.17) is 4.74 Å². The van der Waals surface area contributed by atoms with E-state index < -0.39 is 0 Å². The van der Waals surface area contributed by atoms with Crippen molar-refractivity contribution in [3.63, 3.8) is 0 Å². The summed E-state index contributed by atoms with van der Waals surface area (Å²) in [6, 6.07) is 10.7. The molecular weight excluding hydrogens is 286 g/mol. The summed E-state index contributed by atoms with van der Waals surface area (Å²) in [5, 5.41) is 0. The van der Waals surface area contributed by atoms with Crippen molar-refractivity contribution in [1.82, 2.24) is 14.9 Å². The topological polar surface area (TPSA) is 38.2 Å². The van der Waals surface area contributed by atoms with Crippen LogP contribution in [0.3, 0.4) is 0 Å². The molecule has 0 N–H and O–H groups in total. The van der Waals surface area contributed by atoms with E-state index in [1.165, 1.54) is 17.5 Å². The minimum absolute atomic E-state index is 0.346. The summed E-state index contributed by atoms with van der Waals surface area (Å²) in [5.74, 6) is 0.828. The van der Waals surface area contributed by atoms with Gasteiger partial charge in [-0.25, -0.2) is 9.97 Å². The maximum absolute atomic E-state index is 5.93. The maximum atomic E-state index is 5.93. The third-order valence-corrected chi connectivity index (χ3v) is 4.30. The molecule has 4 heteroatoms. The van der Waals surface area contributed by atoms with Crippen molar-refractivity contribution < 1.29 is 4.74 Å². The third kappa shape index (κ3) is 5.12. The van der Waals surface area contributed by atoms with E-state index in [0.717, 1.165) is 44.9 Å². The number of benzene rings is 1. The first-order chi connectivity index (χ1) is 11.3. The molecule has 1 saturated heterocycles. The fourth-order valence-electron chi connectivity index (χ4n) is 3.04. The van der Waals surface area contributed by atoms with Crippen LogP contribution in [0, 0.1) is 6.92 Å². The van der Waals surface area contributed by atoms with Crippen LogP contribution in [0.2, 0.25) is 0 Å². The predicted molar refractivity (Wildman–Crippen MR) is 91.2 cm³/mol. The van der Waals surface area contributed by atoms with Gasteiger partial charge in [-0.05, 0) is 31.7 Å². The Hall–Kier alpha value is -1.78. The van der Waals surface area contributed by atoms with Crippen LogP contribution in [-0.2, 0) is 17.7 Å². The van der Waals surface area contributed by atoms with Gasteiger partial charge >= 0.3 is 0 Å². The Morgan fingerprint density at radius 3 is 2.70 bits per heavy atom. The zero-order valence-corrected chi connectivity index (χ0v) is 13.8. The highest BCUT2D eigenvalue weighted by atomic mass is 16.5. The van der Waals surface area contributed by atoms with Gasteiger partial charge in [-0.3, -0.25) is 4.90 Å². The van der Waals surface area contributed by atoms with Crippen molar-refractivity contribution >= 4 is 0 Å². The van der Waals surface area contributed by atoms with Gasteiger partial charge in [-0.2, -0.15) is 0 Å². The van der Waals surface area contributed by atoms with E-state index in [9.17, 15) is 0 Å². The highest BCUT2D eigenvalue weighted by Gasteiger charge is 2.20. The third-order valence-electron chi connectivity index (χ3n) is 4.30. The number of aryl methyl sites for hydroxylation is 2. The number of aromatic nitrogens is 2. The highest BCUT2D eigenvalue weighted by Crippen LogP contribution is 2.15. The molecule has 1 aliphatic rings. The van der Waals surface area contributed by atoms with Crippen LogP contribution in [0.15, 0.2) is 42.7 Å². The van der Waals surface area contributed by atoms with Gasteiger partial charge in [0.05, 0.1) is 12.7 Å². The molecule has 0 aliphatic carbocycles. The van der Waals surface area contributed by atoms with Gasteiger partial charge in [0.2, 0.25) is 0 Å². The Morgan fingerprint density at radius 2 is 1.91 bits per heavy atom. The second-order valence-electron chi connectivity index (χ2n) is 6.24. The lowest BCUT2D eigenvalue weighted by atomic mass is 10.0. The van der Waals surface area contributed by atoms with E-state index in [2.05, 4.69) is 45.2 Å². The average molecular weight is 311 g/mol. The Morgan fingerprint density at radius 1 is 1.13 bits per heavy atom. The zero-order valence-electron chi connectivity index (χ0n) is 13.8. The molecule has 23 heavy (non-hydrogen) atoms. The number of nitrogens with zero attached hydrogens (tertiary/aromatic N) is 3. The molecule has 2 aromatic rings. The van der Waals surface area contributed by atoms with Crippen LogP contribution in [0.5, 0.6) is 0 Å². The molecule has 0 bridgehead atoms. The second-order valence-corrected chi connectivity index (χ2v) is 6.24. The molecule has 1 unspecified atom stereocenters. The summed E-state index contributed by atoms with van der Waals surface area (Å²) in [7, 11) is 0. The first-order valence-corrected chi connectivity index (χ1v) is 8.45. The SMILES string of the molecule is Cc1ncc(CN2CCOC(CCCc3ccccc3)C2)cn1. The summed E-state index contributed by atoms with van der Waals surface area (Å²) in [6.07, 6.45) is 7.64. The Kier molecular flexibility index (Phi) is 5.72. The van der Waals surface area contributed by atoms with E-state index in [1.807, 2.05) is 19.3 Å². The molecule has 3 rings (SSSR count). The van der Waals surface area contributed by atoms with Crippen LogP contribution < -0.4 is 0 Å². The molecule has 0 amide bonds. The molecule has 122 valence electrons. The van der Waals surface area contributed by atoms with E-state index >= 15 is 0 Å². The molecule has 0 saturated carbocycles. The first kappa shape index (κ1) is 16.1. The number of hydrogen-bond donors (Lipinski definition) is 0. The maximum Gasteiger partial charge on any atom is 0.125 e. The molecule has 1 atom stereocenters. The molecular formula is C19H25N3O. The molecule has 1 fully saturated rings. The van der Waals surface area contributed by atoms with Crippen molar-refractivity contribution in [3.8, 4) is 0 Å². The smallest absolute Gasteiger partial charge is 0.125 e. The van der Waals surface area contributed by atoms with E-state index in [-0.39, 0.29) is 0 Å². The number of ether oxygens (including phenoxy) is 1. The van der Waals surface area contributed by atoms with Crippen LogP contribution in [-0.4, -0.2) is 40.7 Å². The number of rotatable bonds is 6. The standard InChI is InChI=1S/C19H25N3O/c1-16-20-12-18(13-21-16)14-22-10-11-23-19(15-22)9-5-8-17-6-3-2-4-7-17/h2-4,6-7,12-13,19H,5,8-11,14-15H2,1H3. The average Bonchev–Trinajstić information content (AvgIpc) is 2.58. The molecule has 4 nitrogen and oxygen atoms in total. The van der Waals surface area contributed by atoms with Crippen molar-refractivity contribution in [2.45, 2.75) is 38.8 Å². The predicted octanol–water partition coefficient (Wildman–Crippen LogP) is 3.01. The van der Waals surface area contributed by atoms with Crippen molar-refractivity contribution in [2.75, 3.05) is 19.7 Å². The fourth-order valence-corrected chi connectivity index (χ4v) is 3.04. The lowest BCUT2D eigenvalue weighted by molar-refractivity contribution is -0.0355. The second kappa shape index (κ2) is 8.18. The number of morpholine rings is 1. The summed E-state index contributed by atoms with van der Waals surface area (Å²) < 4.78 is 5.93. The van der Waals surface area contributed by atoms with Gasteiger partial charge in [-0.15, -0.1) is 0 Å². The zero-order chi connectivity index (χ0) is 15.9. The molecule has 2 heterocycles. The molecule has 0 spiro atoms. The van der Waals surface area contributed by atoms with Gasteiger partial charge in [0.25, 0.3) is 0 Å². The quantitative estimate of drug-likeness (QED) is 0.822. The Bertz CT molecular complexity index is 585. The monoisotopic (exact) mass is 311 g/mol. The van der Waals surface area contributed by atoms with Crippen molar-refractivity contribution in [1.29, 1.82) is 0 Å². The van der Waals surface area contributed by atoms with Crippen molar-refractivity contribution in [2.24, 2.45) is 0 Å². The molecule has 1 aliphatic heterocycles. The van der Waals surface area contributed by atoms with Gasteiger partial charge < -0.3 is 4.74 Å². The van der Waals surface area contributed by atoms with Gasteiger partial charge in [0.15, 0.2) is 0 Å². The normalized spacial score (nSPS) is 18.9. The summed E-state index contributed by atoms with van der Waals surface area (Å²) in [6.45, 7) is 5.65. The first-order valence-electron chi connectivity index (χ1n) is 8.45. The summed E-state index contributed by atoms with van der Waals surface area (Å²) in [4.78, 5) is 11.0. The van der Waals surface area contributed by atoms with Crippen LogP contribution in [0.4, 0.5) is 0 Å². The van der Waals surface area contributed by atoms with Crippen LogP contribution in [0.1, 0.15) is 29.8 Å². The van der Waals surface area contributed by atoms with Gasteiger partial charge in [0, 0.05) is 37.6 Å². The molecule has 1 aromatic carbocycles. The lowest BCUT2D eigenvalue weighted by Crippen LogP contribution is -2.41. The highest BCUT2D eigenvalue weighted by molar-refractivity contribution is 5.14. The van der Waals surface area contributed by atoms with E-state index in [0.29, 0.717) is 6.10 Å². The Balaban J connectivity index is 1.43. The van der Waals surface area contributed by atoms with Crippen molar-refractivity contribution in [3.05, 3.63) is 59.7 Å². The minimum Gasteiger partial charge on any atom is -0.376 e. The van der Waals surface area contributed by atoms with Crippen LogP contribution >= 0.6 is 0 Å².